The van der Waals surface area contributed by atoms with Crippen molar-refractivity contribution < 1.29 is 14.6 Å². The smallest absolute Gasteiger partial charge is 0.230 e. The van der Waals surface area contributed by atoms with E-state index in [1.165, 1.54) is 0 Å². The number of carbonyl (C=O) groups is 1. The standard InChI is InChI=1S/C20H17NO3/c22-18-8-10-20-16(9-11-24-20)19(23)15-12-14(6-7-17(15)21(18)20)13-4-2-1-3-5-13/h1-7,9,11-12,16,19,23H,8,10H2/t16-,19+,20-/m0/s1. The summed E-state index contributed by atoms with van der Waals surface area (Å²) in [5.74, 6) is -0.160. The predicted molar refractivity (Wildman–Crippen MR) is 90.0 cm³/mol. The number of hydrogen-bond acceptors (Lipinski definition) is 3. The third-order valence-corrected chi connectivity index (χ3v) is 5.44. The highest BCUT2D eigenvalue weighted by atomic mass is 16.5. The van der Waals surface area contributed by atoms with Crippen molar-refractivity contribution in [3.63, 3.8) is 0 Å². The van der Waals surface area contributed by atoms with Crippen molar-refractivity contribution in [3.8, 4) is 11.1 Å². The Morgan fingerprint density at radius 1 is 1.12 bits per heavy atom. The van der Waals surface area contributed by atoms with Gasteiger partial charge in [-0.1, -0.05) is 36.4 Å². The second kappa shape index (κ2) is 4.71. The summed E-state index contributed by atoms with van der Waals surface area (Å²) in [6.45, 7) is 0. The van der Waals surface area contributed by atoms with E-state index >= 15 is 0 Å². The first kappa shape index (κ1) is 13.8. The number of anilines is 1. The van der Waals surface area contributed by atoms with Crippen molar-refractivity contribution in [1.82, 2.24) is 0 Å². The average molecular weight is 319 g/mol. The molecule has 1 amide bonds. The number of nitrogens with zero attached hydrogens (tertiary/aromatic N) is 1. The van der Waals surface area contributed by atoms with Crippen LogP contribution in [0.1, 0.15) is 24.5 Å². The van der Waals surface area contributed by atoms with Crippen LogP contribution in [0.25, 0.3) is 11.1 Å². The molecular formula is C20H17NO3. The van der Waals surface area contributed by atoms with Crippen LogP contribution in [-0.2, 0) is 9.53 Å². The molecule has 2 aromatic rings. The van der Waals surface area contributed by atoms with Crippen LogP contribution in [0.4, 0.5) is 5.69 Å². The largest absolute Gasteiger partial charge is 0.475 e. The first-order chi connectivity index (χ1) is 11.7. The third kappa shape index (κ3) is 1.64. The fourth-order valence-electron chi connectivity index (χ4n) is 4.31. The predicted octanol–water partition coefficient (Wildman–Crippen LogP) is 3.38. The van der Waals surface area contributed by atoms with Gasteiger partial charge in [0.2, 0.25) is 5.91 Å². The zero-order chi connectivity index (χ0) is 16.3. The summed E-state index contributed by atoms with van der Waals surface area (Å²) in [5.41, 5.74) is 2.95. The minimum atomic E-state index is -0.738. The van der Waals surface area contributed by atoms with E-state index in [4.69, 9.17) is 4.74 Å². The normalized spacial score (nSPS) is 29.9. The lowest BCUT2D eigenvalue weighted by Crippen LogP contribution is -2.55. The molecule has 24 heavy (non-hydrogen) atoms. The van der Waals surface area contributed by atoms with E-state index in [0.29, 0.717) is 12.8 Å². The molecule has 120 valence electrons. The SMILES string of the molecule is O=C1CC[C@]23OC=C[C@H]2[C@H](O)c2cc(-c4ccccc4)ccc2N13. The molecule has 3 heterocycles. The van der Waals surface area contributed by atoms with Crippen molar-refractivity contribution >= 4 is 11.6 Å². The van der Waals surface area contributed by atoms with Crippen LogP contribution in [0.3, 0.4) is 0 Å². The summed E-state index contributed by atoms with van der Waals surface area (Å²) < 4.78 is 5.85. The number of rotatable bonds is 1. The van der Waals surface area contributed by atoms with Gasteiger partial charge in [0.25, 0.3) is 0 Å². The number of hydrogen-bond donors (Lipinski definition) is 1. The van der Waals surface area contributed by atoms with Crippen molar-refractivity contribution in [2.24, 2.45) is 5.92 Å². The Morgan fingerprint density at radius 2 is 1.96 bits per heavy atom. The topological polar surface area (TPSA) is 49.8 Å². The minimum Gasteiger partial charge on any atom is -0.475 e. The van der Waals surface area contributed by atoms with Crippen LogP contribution in [0.5, 0.6) is 0 Å². The van der Waals surface area contributed by atoms with Gasteiger partial charge in [-0.05, 0) is 29.3 Å². The fraction of sp³-hybridized carbons (Fsp3) is 0.250. The minimum absolute atomic E-state index is 0.0595. The van der Waals surface area contributed by atoms with Gasteiger partial charge < -0.3 is 9.84 Å². The number of carbonyl (C=O) groups excluding carboxylic acids is 1. The number of aliphatic hydroxyl groups excluding tert-OH is 1. The van der Waals surface area contributed by atoms with Gasteiger partial charge in [0.1, 0.15) is 0 Å². The zero-order valence-corrected chi connectivity index (χ0v) is 13.1. The first-order valence-electron chi connectivity index (χ1n) is 8.26. The lowest BCUT2D eigenvalue weighted by atomic mass is 9.80. The van der Waals surface area contributed by atoms with Crippen LogP contribution in [0.15, 0.2) is 60.9 Å². The molecule has 5 rings (SSSR count). The average Bonchev–Trinajstić information content (AvgIpc) is 3.20. The molecule has 4 heteroatoms. The van der Waals surface area contributed by atoms with Crippen LogP contribution in [0.2, 0.25) is 0 Å². The van der Waals surface area contributed by atoms with Crippen molar-refractivity contribution in [1.29, 1.82) is 0 Å². The highest BCUT2D eigenvalue weighted by molar-refractivity contribution is 5.99. The zero-order valence-electron chi connectivity index (χ0n) is 13.1. The number of fused-ring (bicyclic) bond motifs is 2. The second-order valence-corrected chi connectivity index (χ2v) is 6.63. The molecule has 1 saturated heterocycles. The summed E-state index contributed by atoms with van der Waals surface area (Å²) in [7, 11) is 0. The molecule has 1 N–H and O–H groups in total. The first-order valence-corrected chi connectivity index (χ1v) is 8.26. The Hall–Kier alpha value is -2.59. The molecule has 1 spiro atoms. The summed E-state index contributed by atoms with van der Waals surface area (Å²) in [6.07, 6.45) is 3.90. The van der Waals surface area contributed by atoms with Crippen LogP contribution in [-0.4, -0.2) is 16.7 Å². The van der Waals surface area contributed by atoms with Gasteiger partial charge in [-0.15, -0.1) is 0 Å². The number of aliphatic hydroxyl groups is 1. The maximum absolute atomic E-state index is 12.5. The van der Waals surface area contributed by atoms with Crippen molar-refractivity contribution in [2.45, 2.75) is 24.7 Å². The molecule has 0 unspecified atom stereocenters. The van der Waals surface area contributed by atoms with Gasteiger partial charge in [-0.2, -0.15) is 0 Å². The monoisotopic (exact) mass is 319 g/mol. The van der Waals surface area contributed by atoms with E-state index in [1.54, 1.807) is 11.2 Å². The summed E-state index contributed by atoms with van der Waals surface area (Å²) in [5, 5.41) is 11.0. The van der Waals surface area contributed by atoms with E-state index in [-0.39, 0.29) is 11.8 Å². The number of amides is 1. The van der Waals surface area contributed by atoms with E-state index < -0.39 is 11.8 Å². The highest BCUT2D eigenvalue weighted by Crippen LogP contribution is 2.55. The van der Waals surface area contributed by atoms with Crippen LogP contribution < -0.4 is 4.90 Å². The molecule has 3 aliphatic rings. The Balaban J connectivity index is 1.69. The Kier molecular flexibility index (Phi) is 2.71. The van der Waals surface area contributed by atoms with Gasteiger partial charge in [-0.25, -0.2) is 0 Å². The summed E-state index contributed by atoms with van der Waals surface area (Å²) in [4.78, 5) is 14.3. The van der Waals surface area contributed by atoms with Crippen molar-refractivity contribution in [2.75, 3.05) is 4.90 Å². The third-order valence-electron chi connectivity index (χ3n) is 5.44. The van der Waals surface area contributed by atoms with E-state index in [2.05, 4.69) is 0 Å². The lowest BCUT2D eigenvalue weighted by molar-refractivity contribution is -0.119. The second-order valence-electron chi connectivity index (χ2n) is 6.63. The summed E-state index contributed by atoms with van der Waals surface area (Å²) >= 11 is 0. The van der Waals surface area contributed by atoms with E-state index in [1.807, 2.05) is 54.6 Å². The van der Waals surface area contributed by atoms with Crippen LogP contribution >= 0.6 is 0 Å². The molecule has 3 atom stereocenters. The van der Waals surface area contributed by atoms with Gasteiger partial charge in [-0.3, -0.25) is 9.69 Å². The van der Waals surface area contributed by atoms with Gasteiger partial charge in [0, 0.05) is 18.4 Å². The molecule has 0 aromatic heterocycles. The molecular weight excluding hydrogens is 302 g/mol. The molecule has 3 aliphatic heterocycles. The maximum atomic E-state index is 12.5. The Morgan fingerprint density at radius 3 is 2.79 bits per heavy atom. The van der Waals surface area contributed by atoms with Gasteiger partial charge in [0.15, 0.2) is 5.72 Å². The summed E-state index contributed by atoms with van der Waals surface area (Å²) in [6, 6.07) is 16.0. The molecule has 0 radical (unpaired) electrons. The molecule has 0 saturated carbocycles. The Labute approximate surface area is 140 Å². The van der Waals surface area contributed by atoms with Gasteiger partial charge in [0.05, 0.1) is 24.0 Å². The maximum Gasteiger partial charge on any atom is 0.230 e. The molecule has 4 nitrogen and oxygen atoms in total. The van der Waals surface area contributed by atoms with Crippen molar-refractivity contribution in [3.05, 3.63) is 66.4 Å². The Bertz CT molecular complexity index is 860. The van der Waals surface area contributed by atoms with E-state index in [0.717, 1.165) is 22.4 Å². The molecule has 0 aliphatic carbocycles. The van der Waals surface area contributed by atoms with E-state index in [9.17, 15) is 9.90 Å². The van der Waals surface area contributed by atoms with Gasteiger partial charge >= 0.3 is 0 Å². The van der Waals surface area contributed by atoms with Crippen LogP contribution in [0, 0.1) is 5.92 Å². The molecule has 1 fully saturated rings. The number of benzene rings is 2. The fourth-order valence-corrected chi connectivity index (χ4v) is 4.31. The quantitative estimate of drug-likeness (QED) is 0.876. The highest BCUT2D eigenvalue weighted by Gasteiger charge is 2.60. The molecule has 2 aromatic carbocycles. The number of ether oxygens (including phenoxy) is 1. The lowest BCUT2D eigenvalue weighted by Gasteiger charge is -2.45. The molecule has 0 bridgehead atoms.